The molecule has 2 N–H and O–H groups in total. The van der Waals surface area contributed by atoms with Crippen molar-refractivity contribution in [2.45, 2.75) is 18.4 Å². The minimum atomic E-state index is -1.36. The second kappa shape index (κ2) is 6.40. The molecule has 0 saturated carbocycles. The summed E-state index contributed by atoms with van der Waals surface area (Å²) in [5.74, 6) is -2.14. The highest BCUT2D eigenvalue weighted by Gasteiger charge is 2.46. The van der Waals surface area contributed by atoms with Gasteiger partial charge in [-0.1, -0.05) is 0 Å². The highest BCUT2D eigenvalue weighted by Crippen LogP contribution is 2.23. The van der Waals surface area contributed by atoms with E-state index in [9.17, 15) is 19.5 Å². The molecule has 8 nitrogen and oxygen atoms in total. The van der Waals surface area contributed by atoms with Crippen molar-refractivity contribution in [3.63, 3.8) is 0 Å². The summed E-state index contributed by atoms with van der Waals surface area (Å²) in [6, 6.07) is 0. The largest absolute Gasteiger partial charge is 0.479 e. The van der Waals surface area contributed by atoms with Crippen molar-refractivity contribution in [3.05, 3.63) is 0 Å². The van der Waals surface area contributed by atoms with Gasteiger partial charge in [-0.2, -0.15) is 0 Å². The second-order valence-electron chi connectivity index (χ2n) is 5.41. The molecule has 2 amide bonds. The Hall–Kier alpha value is -1.67. The number of hydrogen-bond acceptors (Lipinski definition) is 5. The fraction of sp³-hybridized carbons (Fsp3) is 0.769. The molecule has 2 fully saturated rings. The Balaban J connectivity index is 1.95. The molecule has 0 aromatic rings. The lowest BCUT2D eigenvalue weighted by Crippen LogP contribution is -2.56. The quantitative estimate of drug-likeness (QED) is 0.641. The Kier molecular flexibility index (Phi) is 4.79. The van der Waals surface area contributed by atoms with Gasteiger partial charge in [0.25, 0.3) is 0 Å². The van der Waals surface area contributed by atoms with Crippen molar-refractivity contribution in [1.29, 1.82) is 0 Å². The molecule has 0 radical (unpaired) electrons. The van der Waals surface area contributed by atoms with Gasteiger partial charge in [0, 0.05) is 39.6 Å². The average Bonchev–Trinajstić information content (AvgIpc) is 3.04. The maximum Gasteiger partial charge on any atom is 0.331 e. The molecular formula is C13H20N2O6. The van der Waals surface area contributed by atoms with Gasteiger partial charge in [0.2, 0.25) is 11.8 Å². The molecule has 2 saturated heterocycles. The Morgan fingerprint density at radius 1 is 1.57 bits per heavy atom. The number of hydrogen-bond donors (Lipinski definition) is 2. The third kappa shape index (κ3) is 3.33. The number of ether oxygens (including phenoxy) is 2. The number of carboxylic acid groups (broad SMARTS) is 1. The molecule has 2 rings (SSSR count). The predicted octanol–water partition coefficient (Wildman–Crippen LogP) is -1.16. The summed E-state index contributed by atoms with van der Waals surface area (Å²) >= 11 is 0. The number of methoxy groups -OCH3 is 1. The number of likely N-dealkylation sites (tertiary alicyclic amines) is 1. The molecule has 2 aliphatic rings. The fourth-order valence-electron chi connectivity index (χ4n) is 2.59. The van der Waals surface area contributed by atoms with Crippen molar-refractivity contribution >= 4 is 17.8 Å². The molecular weight excluding hydrogens is 280 g/mol. The minimum Gasteiger partial charge on any atom is -0.479 e. The lowest BCUT2D eigenvalue weighted by molar-refractivity contribution is -0.148. The summed E-state index contributed by atoms with van der Waals surface area (Å²) in [6.45, 7) is 1.40. The molecule has 21 heavy (non-hydrogen) atoms. The van der Waals surface area contributed by atoms with E-state index in [0.29, 0.717) is 26.3 Å². The first-order valence-corrected chi connectivity index (χ1v) is 6.88. The number of nitrogens with zero attached hydrogens (tertiary/aromatic N) is 1. The number of carbonyl (C=O) groups is 3. The average molecular weight is 300 g/mol. The monoisotopic (exact) mass is 300 g/mol. The molecule has 2 heterocycles. The molecule has 118 valence electrons. The first-order chi connectivity index (χ1) is 9.98. The third-order valence-electron chi connectivity index (χ3n) is 3.94. The van der Waals surface area contributed by atoms with E-state index in [4.69, 9.17) is 9.47 Å². The van der Waals surface area contributed by atoms with Gasteiger partial charge in [0.05, 0.1) is 19.1 Å². The maximum absolute atomic E-state index is 12.2. The van der Waals surface area contributed by atoms with Gasteiger partial charge in [0.1, 0.15) is 0 Å². The highest BCUT2D eigenvalue weighted by molar-refractivity contribution is 5.92. The van der Waals surface area contributed by atoms with Crippen LogP contribution in [0.1, 0.15) is 12.8 Å². The van der Waals surface area contributed by atoms with Crippen LogP contribution in [0.5, 0.6) is 0 Å². The number of carboxylic acids is 1. The van der Waals surface area contributed by atoms with E-state index in [1.165, 1.54) is 0 Å². The lowest BCUT2D eigenvalue weighted by atomic mass is 9.97. The summed E-state index contributed by atoms with van der Waals surface area (Å²) in [6.07, 6.45) is 0.342. The third-order valence-corrected chi connectivity index (χ3v) is 3.94. The molecule has 2 atom stereocenters. The minimum absolute atomic E-state index is 0.0396. The van der Waals surface area contributed by atoms with Crippen LogP contribution in [0.25, 0.3) is 0 Å². The SMILES string of the molecule is COCCN1CC(C(=O)NC2(C(=O)O)CCOC2)CC1=O. The van der Waals surface area contributed by atoms with Crippen molar-refractivity contribution in [1.82, 2.24) is 10.2 Å². The first-order valence-electron chi connectivity index (χ1n) is 6.88. The zero-order valence-corrected chi connectivity index (χ0v) is 12.0. The number of rotatable bonds is 6. The molecule has 2 aliphatic heterocycles. The van der Waals surface area contributed by atoms with E-state index in [1.807, 2.05) is 0 Å². The Morgan fingerprint density at radius 2 is 2.33 bits per heavy atom. The van der Waals surface area contributed by atoms with Crippen LogP contribution >= 0.6 is 0 Å². The normalized spacial score (nSPS) is 28.9. The highest BCUT2D eigenvalue weighted by atomic mass is 16.5. The van der Waals surface area contributed by atoms with E-state index in [0.717, 1.165) is 0 Å². The van der Waals surface area contributed by atoms with Gasteiger partial charge in [-0.25, -0.2) is 4.79 Å². The number of nitrogens with one attached hydrogen (secondary N) is 1. The van der Waals surface area contributed by atoms with Crippen molar-refractivity contribution in [2.24, 2.45) is 5.92 Å². The Morgan fingerprint density at radius 3 is 2.90 bits per heavy atom. The van der Waals surface area contributed by atoms with E-state index >= 15 is 0 Å². The molecule has 0 aliphatic carbocycles. The summed E-state index contributed by atoms with van der Waals surface area (Å²) in [5, 5.41) is 11.8. The standard InChI is InChI=1S/C13H20N2O6/c1-20-5-3-15-7-9(6-10(15)16)11(17)14-13(12(18)19)2-4-21-8-13/h9H,2-8H2,1H3,(H,14,17)(H,18,19). The van der Waals surface area contributed by atoms with E-state index in [2.05, 4.69) is 5.32 Å². The van der Waals surface area contributed by atoms with Gasteiger partial charge in [-0.3, -0.25) is 9.59 Å². The number of amides is 2. The first kappa shape index (κ1) is 15.7. The lowest BCUT2D eigenvalue weighted by Gasteiger charge is -2.25. The Labute approximate surface area is 122 Å². The molecule has 0 spiro atoms. The van der Waals surface area contributed by atoms with E-state index in [-0.39, 0.29) is 25.4 Å². The van der Waals surface area contributed by atoms with Gasteiger partial charge in [-0.15, -0.1) is 0 Å². The maximum atomic E-state index is 12.2. The van der Waals surface area contributed by atoms with Crippen molar-refractivity contribution in [2.75, 3.05) is 40.0 Å². The zero-order valence-electron chi connectivity index (χ0n) is 12.0. The topological polar surface area (TPSA) is 105 Å². The molecule has 0 aromatic carbocycles. The van der Waals surface area contributed by atoms with Crippen LogP contribution in [0.2, 0.25) is 0 Å². The van der Waals surface area contributed by atoms with E-state index < -0.39 is 23.3 Å². The van der Waals surface area contributed by atoms with Crippen LogP contribution in [0, 0.1) is 5.92 Å². The number of carbonyl (C=O) groups excluding carboxylic acids is 2. The summed E-state index contributed by atoms with van der Waals surface area (Å²) in [5.41, 5.74) is -1.36. The zero-order chi connectivity index (χ0) is 15.5. The van der Waals surface area contributed by atoms with Gasteiger partial charge >= 0.3 is 5.97 Å². The van der Waals surface area contributed by atoms with Crippen LogP contribution in [-0.4, -0.2) is 73.3 Å². The molecule has 0 bridgehead atoms. The molecule has 0 aromatic heterocycles. The van der Waals surface area contributed by atoms with Crippen LogP contribution < -0.4 is 5.32 Å². The van der Waals surface area contributed by atoms with E-state index in [1.54, 1.807) is 12.0 Å². The predicted molar refractivity (Wildman–Crippen MR) is 70.5 cm³/mol. The summed E-state index contributed by atoms with van der Waals surface area (Å²) in [7, 11) is 1.54. The summed E-state index contributed by atoms with van der Waals surface area (Å²) < 4.78 is 10.0. The second-order valence-corrected chi connectivity index (χ2v) is 5.41. The van der Waals surface area contributed by atoms with Crippen LogP contribution in [0.15, 0.2) is 0 Å². The van der Waals surface area contributed by atoms with Gasteiger partial charge in [-0.05, 0) is 0 Å². The Bertz CT molecular complexity index is 432. The number of aliphatic carboxylic acids is 1. The summed E-state index contributed by atoms with van der Waals surface area (Å²) in [4.78, 5) is 36.9. The van der Waals surface area contributed by atoms with Crippen LogP contribution in [0.3, 0.4) is 0 Å². The van der Waals surface area contributed by atoms with Gasteiger partial charge in [0.15, 0.2) is 5.54 Å². The molecule has 2 unspecified atom stereocenters. The van der Waals surface area contributed by atoms with Gasteiger partial charge < -0.3 is 24.8 Å². The fourth-order valence-corrected chi connectivity index (χ4v) is 2.59. The van der Waals surface area contributed by atoms with Crippen molar-refractivity contribution < 1.29 is 29.0 Å². The molecule has 8 heteroatoms. The smallest absolute Gasteiger partial charge is 0.331 e. The van der Waals surface area contributed by atoms with Crippen LogP contribution in [0.4, 0.5) is 0 Å². The van der Waals surface area contributed by atoms with Crippen LogP contribution in [-0.2, 0) is 23.9 Å². The van der Waals surface area contributed by atoms with Crippen molar-refractivity contribution in [3.8, 4) is 0 Å².